The molecule has 0 aliphatic heterocycles. The molecule has 0 aliphatic rings. The van der Waals surface area contributed by atoms with Crippen LogP contribution in [0.4, 0.5) is 0 Å². The molecule has 0 atom stereocenters. The molecule has 2 heteroatoms. The van der Waals surface area contributed by atoms with E-state index < -0.39 is 0 Å². The average Bonchev–Trinajstić information content (AvgIpc) is 2.24. The van der Waals surface area contributed by atoms with E-state index in [1.54, 1.807) is 12.1 Å². The second-order valence-electron chi connectivity index (χ2n) is 3.44. The number of phenolic OH excluding ortho intramolecular Hbond substituents is 1. The van der Waals surface area contributed by atoms with Crippen molar-refractivity contribution >= 4 is 15.9 Å². The van der Waals surface area contributed by atoms with Crippen molar-refractivity contribution in [3.8, 4) is 5.75 Å². The van der Waals surface area contributed by atoms with Gasteiger partial charge in [-0.3, -0.25) is 0 Å². The molecule has 0 aromatic heterocycles. The third kappa shape index (κ3) is 2.60. The van der Waals surface area contributed by atoms with Crippen molar-refractivity contribution < 1.29 is 5.11 Å². The monoisotopic (exact) mass is 262 g/mol. The zero-order chi connectivity index (χ0) is 10.7. The fourth-order valence-corrected chi connectivity index (χ4v) is 2.00. The van der Waals surface area contributed by atoms with Crippen LogP contribution in [0.2, 0.25) is 0 Å². The van der Waals surface area contributed by atoms with Gasteiger partial charge in [0.1, 0.15) is 5.75 Å². The van der Waals surface area contributed by atoms with E-state index >= 15 is 0 Å². The first-order valence-electron chi connectivity index (χ1n) is 4.77. The molecule has 0 saturated carbocycles. The molecule has 0 aliphatic carbocycles. The van der Waals surface area contributed by atoms with Gasteiger partial charge >= 0.3 is 0 Å². The van der Waals surface area contributed by atoms with Crippen molar-refractivity contribution in [3.63, 3.8) is 0 Å². The molecule has 2 aromatic carbocycles. The lowest BCUT2D eigenvalue weighted by atomic mass is 10.1. The number of rotatable bonds is 2. The van der Waals surface area contributed by atoms with Crippen LogP contribution in [-0.2, 0) is 6.42 Å². The number of phenols is 1. The Labute approximate surface area is 97.5 Å². The van der Waals surface area contributed by atoms with E-state index in [0.717, 1.165) is 10.9 Å². The molecule has 0 fully saturated rings. The van der Waals surface area contributed by atoms with Gasteiger partial charge in [-0.2, -0.15) is 0 Å². The predicted octanol–water partition coefficient (Wildman–Crippen LogP) is 3.75. The molecule has 0 bridgehead atoms. The molecular weight excluding hydrogens is 252 g/mol. The summed E-state index contributed by atoms with van der Waals surface area (Å²) in [7, 11) is 0. The molecule has 0 spiro atoms. The van der Waals surface area contributed by atoms with Gasteiger partial charge in [-0.1, -0.05) is 52.3 Å². The summed E-state index contributed by atoms with van der Waals surface area (Å²) in [5.41, 5.74) is 2.45. The first-order chi connectivity index (χ1) is 7.25. The summed E-state index contributed by atoms with van der Waals surface area (Å²) >= 11 is 3.44. The van der Waals surface area contributed by atoms with E-state index in [4.69, 9.17) is 0 Å². The first-order valence-corrected chi connectivity index (χ1v) is 5.56. The molecule has 76 valence electrons. The van der Waals surface area contributed by atoms with E-state index in [9.17, 15) is 5.11 Å². The fourth-order valence-electron chi connectivity index (χ4n) is 1.50. The molecule has 2 aromatic rings. The van der Waals surface area contributed by atoms with Crippen molar-refractivity contribution in [1.82, 2.24) is 0 Å². The molecule has 2 rings (SSSR count). The lowest BCUT2D eigenvalue weighted by Crippen LogP contribution is -1.88. The van der Waals surface area contributed by atoms with Gasteiger partial charge in [0.05, 0.1) is 0 Å². The van der Waals surface area contributed by atoms with Crippen LogP contribution in [0, 0.1) is 0 Å². The normalized spacial score (nSPS) is 10.2. The highest BCUT2D eigenvalue weighted by Crippen LogP contribution is 2.24. The number of hydrogen-bond acceptors (Lipinski definition) is 1. The van der Waals surface area contributed by atoms with E-state index in [1.807, 2.05) is 24.3 Å². The largest absolute Gasteiger partial charge is 0.508 e. The molecule has 1 N–H and O–H groups in total. The molecule has 0 unspecified atom stereocenters. The zero-order valence-electron chi connectivity index (χ0n) is 8.15. The van der Waals surface area contributed by atoms with Crippen molar-refractivity contribution in [2.75, 3.05) is 0 Å². The van der Waals surface area contributed by atoms with Gasteiger partial charge in [0.15, 0.2) is 0 Å². The zero-order valence-corrected chi connectivity index (χ0v) is 9.74. The Kier molecular flexibility index (Phi) is 3.07. The van der Waals surface area contributed by atoms with Crippen LogP contribution in [0.5, 0.6) is 5.75 Å². The van der Waals surface area contributed by atoms with Crippen molar-refractivity contribution in [2.24, 2.45) is 0 Å². The summed E-state index contributed by atoms with van der Waals surface area (Å²) in [6, 6.07) is 15.6. The SMILES string of the molecule is Oc1ccc(Cc2ccccc2)c(Br)c1. The molecule has 15 heavy (non-hydrogen) atoms. The summed E-state index contributed by atoms with van der Waals surface area (Å²) in [4.78, 5) is 0. The highest BCUT2D eigenvalue weighted by atomic mass is 79.9. The Morgan fingerprint density at radius 1 is 1.00 bits per heavy atom. The second kappa shape index (κ2) is 4.49. The number of benzene rings is 2. The summed E-state index contributed by atoms with van der Waals surface area (Å²) in [6.45, 7) is 0. The van der Waals surface area contributed by atoms with E-state index in [1.165, 1.54) is 11.1 Å². The maximum absolute atomic E-state index is 9.27. The molecule has 0 amide bonds. The third-order valence-electron chi connectivity index (χ3n) is 2.27. The number of halogens is 1. The van der Waals surface area contributed by atoms with Gasteiger partial charge in [-0.25, -0.2) is 0 Å². The molecule has 0 heterocycles. The van der Waals surface area contributed by atoms with Crippen molar-refractivity contribution in [3.05, 3.63) is 64.1 Å². The maximum atomic E-state index is 9.27. The Morgan fingerprint density at radius 3 is 2.40 bits per heavy atom. The van der Waals surface area contributed by atoms with Crippen LogP contribution >= 0.6 is 15.9 Å². The Hall–Kier alpha value is -1.28. The van der Waals surface area contributed by atoms with Gasteiger partial charge in [0.2, 0.25) is 0 Å². The third-order valence-corrected chi connectivity index (χ3v) is 3.01. The lowest BCUT2D eigenvalue weighted by Gasteiger charge is -2.04. The standard InChI is InChI=1S/C13H11BrO/c14-13-9-12(15)7-6-11(13)8-10-4-2-1-3-5-10/h1-7,9,15H,8H2. The lowest BCUT2D eigenvalue weighted by molar-refractivity contribution is 0.474. The van der Waals surface area contributed by atoms with E-state index in [-0.39, 0.29) is 0 Å². The van der Waals surface area contributed by atoms with Crippen LogP contribution < -0.4 is 0 Å². The Bertz CT molecular complexity index is 451. The number of aromatic hydroxyl groups is 1. The molecule has 0 saturated heterocycles. The Balaban J connectivity index is 2.25. The maximum Gasteiger partial charge on any atom is 0.116 e. The van der Waals surface area contributed by atoms with E-state index in [2.05, 4.69) is 28.1 Å². The summed E-state index contributed by atoms with van der Waals surface area (Å²) in [5.74, 6) is 0.290. The summed E-state index contributed by atoms with van der Waals surface area (Å²) in [6.07, 6.45) is 0.877. The van der Waals surface area contributed by atoms with Gasteiger partial charge in [0, 0.05) is 4.47 Å². The highest BCUT2D eigenvalue weighted by Gasteiger charge is 2.01. The quantitative estimate of drug-likeness (QED) is 0.874. The molecular formula is C13H11BrO. The minimum absolute atomic E-state index is 0.290. The Morgan fingerprint density at radius 2 is 1.73 bits per heavy atom. The highest BCUT2D eigenvalue weighted by molar-refractivity contribution is 9.10. The first kappa shape index (κ1) is 10.2. The van der Waals surface area contributed by atoms with Crippen molar-refractivity contribution in [1.29, 1.82) is 0 Å². The minimum Gasteiger partial charge on any atom is -0.508 e. The van der Waals surface area contributed by atoms with Crippen molar-refractivity contribution in [2.45, 2.75) is 6.42 Å². The van der Waals surface area contributed by atoms with E-state index in [0.29, 0.717) is 5.75 Å². The molecule has 0 radical (unpaired) electrons. The van der Waals surface area contributed by atoms with Gasteiger partial charge in [-0.05, 0) is 29.7 Å². The minimum atomic E-state index is 0.290. The van der Waals surface area contributed by atoms with Gasteiger partial charge < -0.3 is 5.11 Å². The van der Waals surface area contributed by atoms with Gasteiger partial charge in [0.25, 0.3) is 0 Å². The smallest absolute Gasteiger partial charge is 0.116 e. The summed E-state index contributed by atoms with van der Waals surface area (Å²) in [5, 5.41) is 9.27. The molecule has 1 nitrogen and oxygen atoms in total. The topological polar surface area (TPSA) is 20.2 Å². The van der Waals surface area contributed by atoms with Crippen LogP contribution in [0.15, 0.2) is 53.0 Å². The second-order valence-corrected chi connectivity index (χ2v) is 4.29. The average molecular weight is 263 g/mol. The van der Waals surface area contributed by atoms with Crippen LogP contribution in [0.25, 0.3) is 0 Å². The van der Waals surface area contributed by atoms with Crippen LogP contribution in [-0.4, -0.2) is 5.11 Å². The number of hydrogen-bond donors (Lipinski definition) is 1. The van der Waals surface area contributed by atoms with Crippen LogP contribution in [0.3, 0.4) is 0 Å². The predicted molar refractivity (Wildman–Crippen MR) is 65.1 cm³/mol. The fraction of sp³-hybridized carbons (Fsp3) is 0.0769. The summed E-state index contributed by atoms with van der Waals surface area (Å²) < 4.78 is 0.950. The van der Waals surface area contributed by atoms with Gasteiger partial charge in [-0.15, -0.1) is 0 Å². The van der Waals surface area contributed by atoms with Crippen LogP contribution in [0.1, 0.15) is 11.1 Å².